The number of anilines is 4. The highest BCUT2D eigenvalue weighted by Gasteiger charge is 2.36. The molecule has 35 heavy (non-hydrogen) atoms. The van der Waals surface area contributed by atoms with E-state index in [-0.39, 0.29) is 11.9 Å². The van der Waals surface area contributed by atoms with E-state index in [2.05, 4.69) is 31.5 Å². The normalized spacial score (nSPS) is 19.8. The second-order valence-electron chi connectivity index (χ2n) is 9.93. The number of nitrogens with one attached hydrogen (secondary N) is 2. The van der Waals surface area contributed by atoms with E-state index in [9.17, 15) is 4.79 Å². The predicted octanol–water partition coefficient (Wildman–Crippen LogP) is 4.12. The standard InChI is InChI=1S/C26H32N8O/c1-33(18-9-5-13-27-16-18)25(35)22-12-6-14-34(22)26-28-20-11-4-10-19(20)24(30-26)29-23-15-21(31-32-23)17-7-2-3-8-17/h5,9,13,15-17,22H,2-4,6-8,10-12,14H2,1H3,(H2,28,29,30,31,32)/t22-/m1/s1. The number of H-pyrrole nitrogens is 1. The molecular weight excluding hydrogens is 440 g/mol. The minimum Gasteiger partial charge on any atom is -0.329 e. The molecule has 182 valence electrons. The summed E-state index contributed by atoms with van der Waals surface area (Å²) in [6.45, 7) is 0.768. The molecule has 3 aromatic heterocycles. The molecule has 0 radical (unpaired) electrons. The van der Waals surface area contributed by atoms with Gasteiger partial charge in [0.05, 0.1) is 17.6 Å². The van der Waals surface area contributed by atoms with Crippen molar-refractivity contribution in [1.29, 1.82) is 0 Å². The summed E-state index contributed by atoms with van der Waals surface area (Å²) in [6, 6.07) is 5.60. The van der Waals surface area contributed by atoms with Crippen LogP contribution in [0.1, 0.15) is 67.8 Å². The molecule has 6 rings (SSSR count). The Bertz CT molecular complexity index is 1200. The van der Waals surface area contributed by atoms with Crippen molar-refractivity contribution >= 4 is 29.2 Å². The van der Waals surface area contributed by atoms with E-state index in [0.717, 1.165) is 61.7 Å². The summed E-state index contributed by atoms with van der Waals surface area (Å²) in [5.41, 5.74) is 4.26. The second kappa shape index (κ2) is 9.28. The highest BCUT2D eigenvalue weighted by Crippen LogP contribution is 2.36. The SMILES string of the molecule is CN(C(=O)[C@H]1CCCN1c1nc2c(c(Nc3cc(C4CCCC4)[nH]n3)n1)CCC2)c1cccnc1. The maximum Gasteiger partial charge on any atom is 0.249 e. The van der Waals surface area contributed by atoms with Crippen molar-refractivity contribution in [3.8, 4) is 0 Å². The first-order valence-electron chi connectivity index (χ1n) is 12.8. The lowest BCUT2D eigenvalue weighted by Gasteiger charge is -2.28. The van der Waals surface area contributed by atoms with Crippen LogP contribution < -0.4 is 15.1 Å². The number of hydrogen-bond donors (Lipinski definition) is 2. The zero-order valence-corrected chi connectivity index (χ0v) is 20.2. The number of amides is 1. The maximum atomic E-state index is 13.4. The van der Waals surface area contributed by atoms with Gasteiger partial charge >= 0.3 is 0 Å². The summed E-state index contributed by atoms with van der Waals surface area (Å²) in [5.74, 6) is 2.89. The summed E-state index contributed by atoms with van der Waals surface area (Å²) in [7, 11) is 1.81. The molecule has 0 bridgehead atoms. The van der Waals surface area contributed by atoms with Gasteiger partial charge < -0.3 is 15.1 Å². The number of pyridine rings is 1. The van der Waals surface area contributed by atoms with E-state index >= 15 is 0 Å². The van der Waals surface area contributed by atoms with Gasteiger partial charge in [-0.1, -0.05) is 12.8 Å². The first kappa shape index (κ1) is 22.0. The van der Waals surface area contributed by atoms with Crippen LogP contribution in [-0.2, 0) is 17.6 Å². The average molecular weight is 473 g/mol. The zero-order chi connectivity index (χ0) is 23.8. The molecule has 1 saturated carbocycles. The van der Waals surface area contributed by atoms with E-state index in [1.54, 1.807) is 17.3 Å². The fourth-order valence-corrected chi connectivity index (χ4v) is 5.78. The van der Waals surface area contributed by atoms with Crippen molar-refractivity contribution in [2.45, 2.75) is 69.7 Å². The van der Waals surface area contributed by atoms with Crippen molar-refractivity contribution in [2.24, 2.45) is 0 Å². The number of carbonyl (C=O) groups excluding carboxylic acids is 1. The van der Waals surface area contributed by atoms with Gasteiger partial charge in [0.2, 0.25) is 11.9 Å². The number of likely N-dealkylation sites (N-methyl/N-ethyl adjacent to an activating group) is 1. The molecule has 3 aromatic rings. The Morgan fingerprint density at radius 2 is 2.03 bits per heavy atom. The number of carbonyl (C=O) groups is 1. The molecule has 2 aliphatic carbocycles. The van der Waals surface area contributed by atoms with Gasteiger partial charge in [-0.15, -0.1) is 0 Å². The number of aromatic amines is 1. The van der Waals surface area contributed by atoms with Crippen LogP contribution in [0.5, 0.6) is 0 Å². The molecule has 0 unspecified atom stereocenters. The first-order chi connectivity index (χ1) is 17.2. The zero-order valence-electron chi connectivity index (χ0n) is 20.2. The van der Waals surface area contributed by atoms with Crippen molar-refractivity contribution in [2.75, 3.05) is 28.7 Å². The Hall–Kier alpha value is -3.49. The molecule has 3 aliphatic rings. The van der Waals surface area contributed by atoms with Gasteiger partial charge in [-0.05, 0) is 57.1 Å². The summed E-state index contributed by atoms with van der Waals surface area (Å²) >= 11 is 0. The highest BCUT2D eigenvalue weighted by molar-refractivity contribution is 5.98. The molecular formula is C26H32N8O. The van der Waals surface area contributed by atoms with Gasteiger partial charge in [0, 0.05) is 43.0 Å². The highest BCUT2D eigenvalue weighted by atomic mass is 16.2. The number of aryl methyl sites for hydroxylation is 1. The van der Waals surface area contributed by atoms with Gasteiger partial charge in [-0.2, -0.15) is 10.1 Å². The lowest BCUT2D eigenvalue weighted by Crippen LogP contribution is -2.45. The second-order valence-corrected chi connectivity index (χ2v) is 9.93. The van der Waals surface area contributed by atoms with E-state index in [4.69, 9.17) is 9.97 Å². The molecule has 1 atom stereocenters. The number of fused-ring (bicyclic) bond motifs is 1. The van der Waals surface area contributed by atoms with Crippen molar-refractivity contribution in [3.05, 3.63) is 47.5 Å². The molecule has 0 spiro atoms. The third-order valence-corrected chi connectivity index (χ3v) is 7.72. The van der Waals surface area contributed by atoms with Gasteiger partial charge in [0.25, 0.3) is 0 Å². The monoisotopic (exact) mass is 472 g/mol. The number of rotatable bonds is 6. The first-order valence-corrected chi connectivity index (χ1v) is 12.8. The Kier molecular flexibility index (Phi) is 5.83. The summed E-state index contributed by atoms with van der Waals surface area (Å²) < 4.78 is 0. The molecule has 1 aliphatic heterocycles. The Balaban J connectivity index is 1.26. The van der Waals surface area contributed by atoms with Crippen molar-refractivity contribution in [1.82, 2.24) is 25.1 Å². The van der Waals surface area contributed by atoms with Crippen LogP contribution in [0.15, 0.2) is 30.6 Å². The topological polar surface area (TPSA) is 103 Å². The van der Waals surface area contributed by atoms with E-state index in [1.807, 2.05) is 19.2 Å². The van der Waals surface area contributed by atoms with Gasteiger partial charge in [-0.3, -0.25) is 14.9 Å². The van der Waals surface area contributed by atoms with Gasteiger partial charge in [0.1, 0.15) is 11.9 Å². The average Bonchev–Trinajstić information content (AvgIpc) is 3.69. The molecule has 2 fully saturated rings. The summed E-state index contributed by atoms with van der Waals surface area (Å²) in [5, 5.41) is 11.2. The van der Waals surface area contributed by atoms with Gasteiger partial charge in [-0.25, -0.2) is 4.98 Å². The van der Waals surface area contributed by atoms with Crippen molar-refractivity contribution in [3.63, 3.8) is 0 Å². The largest absolute Gasteiger partial charge is 0.329 e. The number of hydrogen-bond acceptors (Lipinski definition) is 7. The molecule has 4 heterocycles. The third-order valence-electron chi connectivity index (χ3n) is 7.72. The van der Waals surface area contributed by atoms with Crippen molar-refractivity contribution < 1.29 is 4.79 Å². The Morgan fingerprint density at radius 3 is 2.86 bits per heavy atom. The van der Waals surface area contributed by atoms with Crippen LogP contribution in [0.25, 0.3) is 0 Å². The van der Waals surface area contributed by atoms with Crippen LogP contribution in [0.4, 0.5) is 23.3 Å². The molecule has 1 amide bonds. The van der Waals surface area contributed by atoms with E-state index in [0.29, 0.717) is 11.9 Å². The summed E-state index contributed by atoms with van der Waals surface area (Å²) in [6.07, 6.45) is 13.2. The number of aromatic nitrogens is 5. The molecule has 0 aromatic carbocycles. The van der Waals surface area contributed by atoms with Crippen LogP contribution in [-0.4, -0.2) is 50.7 Å². The van der Waals surface area contributed by atoms with E-state index in [1.165, 1.54) is 36.9 Å². The van der Waals surface area contributed by atoms with E-state index < -0.39 is 0 Å². The fraction of sp³-hybridized carbons (Fsp3) is 0.500. The van der Waals surface area contributed by atoms with Crippen LogP contribution in [0.3, 0.4) is 0 Å². The Morgan fingerprint density at radius 1 is 1.14 bits per heavy atom. The van der Waals surface area contributed by atoms with Crippen LogP contribution in [0, 0.1) is 0 Å². The maximum absolute atomic E-state index is 13.4. The lowest BCUT2D eigenvalue weighted by atomic mass is 10.0. The summed E-state index contributed by atoms with van der Waals surface area (Å²) in [4.78, 5) is 31.3. The minimum absolute atomic E-state index is 0.0441. The quantitative estimate of drug-likeness (QED) is 0.556. The molecule has 9 heteroatoms. The minimum atomic E-state index is -0.285. The predicted molar refractivity (Wildman–Crippen MR) is 135 cm³/mol. The van der Waals surface area contributed by atoms with Crippen LogP contribution in [0.2, 0.25) is 0 Å². The lowest BCUT2D eigenvalue weighted by molar-refractivity contribution is -0.119. The third kappa shape index (κ3) is 4.24. The number of nitrogens with zero attached hydrogens (tertiary/aromatic N) is 6. The molecule has 1 saturated heterocycles. The smallest absolute Gasteiger partial charge is 0.249 e. The molecule has 2 N–H and O–H groups in total. The fourth-order valence-electron chi connectivity index (χ4n) is 5.78. The Labute approximate surface area is 205 Å². The molecule has 9 nitrogen and oxygen atoms in total. The van der Waals surface area contributed by atoms with Crippen LogP contribution >= 0.6 is 0 Å². The van der Waals surface area contributed by atoms with Gasteiger partial charge in [0.15, 0.2) is 5.82 Å².